The summed E-state index contributed by atoms with van der Waals surface area (Å²) < 4.78 is 7.70. The van der Waals surface area contributed by atoms with Crippen LogP contribution in [-0.4, -0.2) is 41.9 Å². The number of carboxylic acid groups (broad SMARTS) is 1. The molecule has 2 atom stereocenters. The molecule has 2 aliphatic rings. The van der Waals surface area contributed by atoms with E-state index in [1.807, 2.05) is 10.6 Å². The molecule has 1 aromatic carbocycles. The number of rotatable bonds is 5. The SMILES string of the molecule is CC[C@H]1CCN(c2ccc3c(=O)c(C(=O)O)cn(C4CC4)c3c2OC)C[C@H]1N. The zero-order valence-electron chi connectivity index (χ0n) is 16.4. The Hall–Kier alpha value is -2.54. The second-order valence-electron chi connectivity index (χ2n) is 7.90. The first kappa shape index (κ1) is 18.8. The van der Waals surface area contributed by atoms with E-state index < -0.39 is 11.4 Å². The summed E-state index contributed by atoms with van der Waals surface area (Å²) in [5.41, 5.74) is 7.32. The first-order valence-electron chi connectivity index (χ1n) is 9.95. The van der Waals surface area contributed by atoms with Crippen molar-refractivity contribution in [1.29, 1.82) is 0 Å². The number of carboxylic acids is 1. The van der Waals surface area contributed by atoms with Gasteiger partial charge >= 0.3 is 5.97 Å². The zero-order valence-corrected chi connectivity index (χ0v) is 16.4. The number of carbonyl (C=O) groups is 1. The van der Waals surface area contributed by atoms with Crippen molar-refractivity contribution in [3.8, 4) is 5.75 Å². The minimum atomic E-state index is -1.20. The number of piperidine rings is 1. The largest absolute Gasteiger partial charge is 0.492 e. The van der Waals surface area contributed by atoms with E-state index in [1.54, 1.807) is 13.2 Å². The van der Waals surface area contributed by atoms with Crippen LogP contribution in [0.1, 0.15) is 49.0 Å². The van der Waals surface area contributed by atoms with Gasteiger partial charge in [-0.25, -0.2) is 4.79 Å². The van der Waals surface area contributed by atoms with Crippen molar-refractivity contribution in [2.45, 2.75) is 44.7 Å². The van der Waals surface area contributed by atoms with E-state index >= 15 is 0 Å². The molecule has 7 heteroatoms. The Kier molecular flexibility index (Phi) is 4.79. The number of aromatic nitrogens is 1. The lowest BCUT2D eigenvalue weighted by Crippen LogP contribution is -2.48. The normalized spacial score (nSPS) is 22.5. The monoisotopic (exact) mass is 385 g/mol. The van der Waals surface area contributed by atoms with E-state index in [2.05, 4.69) is 11.8 Å². The maximum atomic E-state index is 12.8. The van der Waals surface area contributed by atoms with Crippen LogP contribution in [0.15, 0.2) is 23.1 Å². The van der Waals surface area contributed by atoms with Crippen molar-refractivity contribution in [2.24, 2.45) is 11.7 Å². The predicted octanol–water partition coefficient (Wildman–Crippen LogP) is 2.61. The number of hydrogen-bond donors (Lipinski definition) is 2. The molecular formula is C21H27N3O4. The van der Waals surface area contributed by atoms with Crippen molar-refractivity contribution >= 4 is 22.6 Å². The van der Waals surface area contributed by atoms with Gasteiger partial charge < -0.3 is 25.0 Å². The second kappa shape index (κ2) is 7.13. The average Bonchev–Trinajstić information content (AvgIpc) is 3.52. The lowest BCUT2D eigenvalue weighted by Gasteiger charge is -2.38. The molecule has 7 nitrogen and oxygen atoms in total. The highest BCUT2D eigenvalue weighted by Gasteiger charge is 2.31. The molecule has 1 aromatic heterocycles. The van der Waals surface area contributed by atoms with Crippen LogP contribution in [0.2, 0.25) is 0 Å². The van der Waals surface area contributed by atoms with Gasteiger partial charge in [0.15, 0.2) is 5.75 Å². The molecule has 0 spiro atoms. The molecule has 0 bridgehead atoms. The highest BCUT2D eigenvalue weighted by Crippen LogP contribution is 2.43. The molecule has 0 unspecified atom stereocenters. The highest BCUT2D eigenvalue weighted by molar-refractivity contribution is 5.97. The smallest absolute Gasteiger partial charge is 0.341 e. The van der Waals surface area contributed by atoms with Gasteiger partial charge in [0.2, 0.25) is 5.43 Å². The molecule has 1 saturated carbocycles. The van der Waals surface area contributed by atoms with Crippen molar-refractivity contribution < 1.29 is 14.6 Å². The summed E-state index contributed by atoms with van der Waals surface area (Å²) in [5.74, 6) is -0.0528. The van der Waals surface area contributed by atoms with E-state index in [1.165, 1.54) is 6.20 Å². The molecule has 1 saturated heterocycles. The molecule has 4 rings (SSSR count). The van der Waals surface area contributed by atoms with Gasteiger partial charge in [-0.15, -0.1) is 0 Å². The minimum absolute atomic E-state index is 0.0964. The summed E-state index contributed by atoms with van der Waals surface area (Å²) in [6.45, 7) is 3.79. The maximum absolute atomic E-state index is 12.8. The van der Waals surface area contributed by atoms with E-state index in [0.29, 0.717) is 22.6 Å². The molecule has 2 fully saturated rings. The van der Waals surface area contributed by atoms with E-state index in [-0.39, 0.29) is 17.6 Å². The van der Waals surface area contributed by atoms with Crippen LogP contribution in [0.4, 0.5) is 5.69 Å². The van der Waals surface area contributed by atoms with Crippen molar-refractivity contribution in [3.63, 3.8) is 0 Å². The van der Waals surface area contributed by atoms with Crippen LogP contribution in [0.25, 0.3) is 10.9 Å². The lowest BCUT2D eigenvalue weighted by molar-refractivity contribution is 0.0695. The molecule has 2 aromatic rings. The average molecular weight is 385 g/mol. The number of anilines is 1. The third-order valence-corrected chi connectivity index (χ3v) is 6.17. The van der Waals surface area contributed by atoms with Gasteiger partial charge in [-0.1, -0.05) is 13.3 Å². The summed E-state index contributed by atoms with van der Waals surface area (Å²) in [6, 6.07) is 3.90. The summed E-state index contributed by atoms with van der Waals surface area (Å²) in [5, 5.41) is 9.84. The number of pyridine rings is 1. The van der Waals surface area contributed by atoms with Crippen LogP contribution in [0.3, 0.4) is 0 Å². The molecule has 2 heterocycles. The number of fused-ring (bicyclic) bond motifs is 1. The number of ether oxygens (including phenoxy) is 1. The molecular weight excluding hydrogens is 358 g/mol. The van der Waals surface area contributed by atoms with Crippen LogP contribution in [0, 0.1) is 5.92 Å². The fraction of sp³-hybridized carbons (Fsp3) is 0.524. The molecule has 0 amide bonds. The Balaban J connectivity index is 1.89. The van der Waals surface area contributed by atoms with Crippen LogP contribution >= 0.6 is 0 Å². The fourth-order valence-corrected chi connectivity index (χ4v) is 4.41. The van der Waals surface area contributed by atoms with Crippen molar-refractivity contribution in [1.82, 2.24) is 4.57 Å². The third kappa shape index (κ3) is 3.03. The predicted molar refractivity (Wildman–Crippen MR) is 109 cm³/mol. The Bertz CT molecular complexity index is 980. The number of hydrogen-bond acceptors (Lipinski definition) is 5. The minimum Gasteiger partial charge on any atom is -0.492 e. The molecule has 28 heavy (non-hydrogen) atoms. The first-order chi connectivity index (χ1) is 13.5. The maximum Gasteiger partial charge on any atom is 0.341 e. The summed E-state index contributed by atoms with van der Waals surface area (Å²) >= 11 is 0. The molecule has 1 aliphatic heterocycles. The summed E-state index contributed by atoms with van der Waals surface area (Å²) in [7, 11) is 1.60. The number of aromatic carboxylic acids is 1. The number of methoxy groups -OCH3 is 1. The molecule has 3 N–H and O–H groups in total. The Morgan fingerprint density at radius 2 is 2.07 bits per heavy atom. The van der Waals surface area contributed by atoms with Crippen LogP contribution in [0.5, 0.6) is 5.75 Å². The first-order valence-corrected chi connectivity index (χ1v) is 9.95. The molecule has 0 radical (unpaired) electrons. The van der Waals surface area contributed by atoms with Gasteiger partial charge in [-0.05, 0) is 37.3 Å². The lowest BCUT2D eigenvalue weighted by atomic mass is 9.89. The van der Waals surface area contributed by atoms with E-state index in [4.69, 9.17) is 10.5 Å². The van der Waals surface area contributed by atoms with Crippen molar-refractivity contribution in [2.75, 3.05) is 25.1 Å². The summed E-state index contributed by atoms with van der Waals surface area (Å²) in [4.78, 5) is 26.6. The Morgan fingerprint density at radius 1 is 1.32 bits per heavy atom. The number of nitrogens with two attached hydrogens (primary N) is 1. The molecule has 150 valence electrons. The fourth-order valence-electron chi connectivity index (χ4n) is 4.41. The van der Waals surface area contributed by atoms with Crippen LogP contribution in [-0.2, 0) is 0 Å². The zero-order chi connectivity index (χ0) is 20.0. The quantitative estimate of drug-likeness (QED) is 0.821. The number of benzene rings is 1. The van der Waals surface area contributed by atoms with Gasteiger partial charge in [0, 0.05) is 31.4 Å². The van der Waals surface area contributed by atoms with Gasteiger partial charge in [-0.3, -0.25) is 4.79 Å². The third-order valence-electron chi connectivity index (χ3n) is 6.17. The van der Waals surface area contributed by atoms with E-state index in [9.17, 15) is 14.7 Å². The standard InChI is InChI=1S/C21H27N3O4/c1-3-12-8-9-23(11-16(12)22)17-7-6-14-18(20(17)28-2)24(13-4-5-13)10-15(19(14)25)21(26)27/h6-7,10,12-13,16H,3-5,8-9,11,22H2,1-2H3,(H,26,27)/t12-,16+/m0/s1. The Labute approximate surface area is 163 Å². The Morgan fingerprint density at radius 3 is 2.64 bits per heavy atom. The van der Waals surface area contributed by atoms with Gasteiger partial charge in [0.05, 0.1) is 23.7 Å². The van der Waals surface area contributed by atoms with E-state index in [0.717, 1.165) is 44.5 Å². The summed E-state index contributed by atoms with van der Waals surface area (Å²) in [6.07, 6.45) is 5.51. The van der Waals surface area contributed by atoms with Crippen LogP contribution < -0.4 is 20.8 Å². The second-order valence-corrected chi connectivity index (χ2v) is 7.90. The van der Waals surface area contributed by atoms with Crippen molar-refractivity contribution in [3.05, 3.63) is 34.1 Å². The van der Waals surface area contributed by atoms with Gasteiger partial charge in [0.25, 0.3) is 0 Å². The topological polar surface area (TPSA) is 97.8 Å². The van der Waals surface area contributed by atoms with Gasteiger partial charge in [-0.2, -0.15) is 0 Å². The number of nitrogens with zero attached hydrogens (tertiary/aromatic N) is 2. The van der Waals surface area contributed by atoms with Gasteiger partial charge in [0.1, 0.15) is 5.56 Å². The highest BCUT2D eigenvalue weighted by atomic mass is 16.5. The molecule has 1 aliphatic carbocycles.